The second-order valence-corrected chi connectivity index (χ2v) is 17.6. The van der Waals surface area contributed by atoms with E-state index in [1.54, 1.807) is 18.1 Å². The van der Waals surface area contributed by atoms with E-state index in [-0.39, 0.29) is 63.8 Å². The van der Waals surface area contributed by atoms with Gasteiger partial charge in [-0.2, -0.15) is 0 Å². The third kappa shape index (κ3) is 10.7. The van der Waals surface area contributed by atoms with E-state index in [1.807, 2.05) is 60.7 Å². The number of allylic oxidation sites excluding steroid dienone is 1. The number of carbonyl (C=O) groups is 1. The molecule has 1 saturated heterocycles. The van der Waals surface area contributed by atoms with Crippen LogP contribution in [0, 0.1) is 17.8 Å². The Balaban J connectivity index is 1.25. The van der Waals surface area contributed by atoms with Gasteiger partial charge in [-0.25, -0.2) is 4.79 Å². The van der Waals surface area contributed by atoms with Crippen LogP contribution < -0.4 is 9.47 Å². The van der Waals surface area contributed by atoms with E-state index in [0.29, 0.717) is 37.5 Å². The third-order valence-corrected chi connectivity index (χ3v) is 13.5. The Morgan fingerprint density at radius 2 is 1.72 bits per heavy atom. The first-order valence-electron chi connectivity index (χ1n) is 23.5. The highest BCUT2D eigenvalue weighted by Crippen LogP contribution is 2.62. The highest BCUT2D eigenvalue weighted by atomic mass is 16.7. The van der Waals surface area contributed by atoms with E-state index in [2.05, 4.69) is 47.9 Å². The van der Waals surface area contributed by atoms with Crippen LogP contribution in [0.25, 0.3) is 10.8 Å². The number of hydrogen-bond acceptors (Lipinski definition) is 11. The Morgan fingerprint density at radius 3 is 2.51 bits per heavy atom. The molecule has 8 rings (SSSR count). The van der Waals surface area contributed by atoms with Gasteiger partial charge in [-0.3, -0.25) is 9.80 Å². The molecule has 4 aromatic rings. The second kappa shape index (κ2) is 22.3. The van der Waals surface area contributed by atoms with Crippen LogP contribution in [-0.2, 0) is 32.2 Å². The predicted molar refractivity (Wildman–Crippen MR) is 251 cm³/mol. The summed E-state index contributed by atoms with van der Waals surface area (Å²) in [5.74, 6) is -0.447. The summed E-state index contributed by atoms with van der Waals surface area (Å²) in [5.41, 5.74) is 4.67. The number of ether oxygens (including phenoxy) is 5. The molecule has 2 fully saturated rings. The summed E-state index contributed by atoms with van der Waals surface area (Å²) in [6.45, 7) is 8.92. The largest absolute Gasteiger partial charge is 0.492 e. The van der Waals surface area contributed by atoms with Crippen molar-refractivity contribution in [3.05, 3.63) is 132 Å². The maximum Gasteiger partial charge on any atom is 0.410 e. The van der Waals surface area contributed by atoms with Crippen molar-refractivity contribution >= 4 is 22.6 Å². The zero-order valence-electron chi connectivity index (χ0n) is 37.7. The molecule has 6 unspecified atom stereocenters. The van der Waals surface area contributed by atoms with Crippen LogP contribution in [0.1, 0.15) is 67.6 Å². The van der Waals surface area contributed by atoms with Gasteiger partial charge < -0.3 is 38.7 Å². The topological polar surface area (TPSA) is 132 Å². The van der Waals surface area contributed by atoms with E-state index < -0.39 is 23.8 Å². The molecule has 0 aromatic heterocycles. The summed E-state index contributed by atoms with van der Waals surface area (Å²) in [5, 5.41) is 26.8. The number of carbonyl (C=O) groups excluding carboxylic acids is 1. The summed E-state index contributed by atoms with van der Waals surface area (Å²) in [6, 6.07) is 29.6. The standard InChI is InChI=1S/C53H65N3O9/c1-3-29-64-53-49(56(36-41-19-13-18-39-16-7-8-20-43(39)41)52(59)63-32-31-61-37-38-14-5-4-6-15-38)35-47(54-60-2)45-33-40(17-9-11-27-57)44(21-10-12-28-58)50(51(45)53)46-34-42(22-23-48(46)65-53)62-30-26-55-24-25-55/h3-8,13-16,18-20,22-23,33-34,40,44,49-51,57-58H,1,9-12,17,21,24-32,35-37H2,2H3. The minimum absolute atomic E-state index is 0.0356. The number of benzene rings is 4. The fourth-order valence-electron chi connectivity index (χ4n) is 10.4. The fraction of sp³-hybridized carbons (Fsp3) is 0.472. The van der Waals surface area contributed by atoms with Crippen LogP contribution in [0.5, 0.6) is 11.5 Å². The Labute approximate surface area is 383 Å². The van der Waals surface area contributed by atoms with E-state index in [1.165, 1.54) is 0 Å². The van der Waals surface area contributed by atoms with Crippen molar-refractivity contribution in [3.8, 4) is 11.5 Å². The number of nitrogens with zero attached hydrogens (tertiary/aromatic N) is 3. The predicted octanol–water partition coefficient (Wildman–Crippen LogP) is 8.65. The number of rotatable bonds is 24. The minimum atomic E-state index is -1.44. The molecule has 4 aromatic carbocycles. The number of amides is 1. The molecule has 65 heavy (non-hydrogen) atoms. The smallest absolute Gasteiger partial charge is 0.410 e. The van der Waals surface area contributed by atoms with Gasteiger partial charge in [0.25, 0.3) is 0 Å². The fourth-order valence-corrected chi connectivity index (χ4v) is 10.4. The molecule has 2 heterocycles. The van der Waals surface area contributed by atoms with Crippen molar-refractivity contribution in [2.75, 3.05) is 66.4 Å². The summed E-state index contributed by atoms with van der Waals surface area (Å²) in [7, 11) is 1.56. The molecule has 2 N–H and O–H groups in total. The zero-order chi connectivity index (χ0) is 45.0. The SMILES string of the molecule is C=CCOC12Oc3ccc(OCCN4CC4)cc3C3C(CCCCO)C(CCCCO)C=C(C(=NOC)CC1N(Cc1cccc4ccccc14)C(=O)OCCOCc1ccccc1)C32. The molecule has 12 nitrogen and oxygen atoms in total. The lowest BCUT2D eigenvalue weighted by atomic mass is 9.55. The lowest BCUT2D eigenvalue weighted by Crippen LogP contribution is -2.70. The third-order valence-electron chi connectivity index (χ3n) is 13.5. The van der Waals surface area contributed by atoms with Gasteiger partial charge in [0.15, 0.2) is 0 Å². The molecule has 4 aliphatic rings. The maximum atomic E-state index is 15.1. The van der Waals surface area contributed by atoms with Crippen LogP contribution in [0.15, 0.2) is 120 Å². The second-order valence-electron chi connectivity index (χ2n) is 17.6. The highest BCUT2D eigenvalue weighted by Gasteiger charge is 2.65. The number of hydrogen-bond donors (Lipinski definition) is 2. The molecular formula is C53H65N3O9. The molecule has 6 atom stereocenters. The number of unbranched alkanes of at least 4 members (excludes halogenated alkanes) is 2. The van der Waals surface area contributed by atoms with Crippen molar-refractivity contribution in [2.45, 2.75) is 75.8 Å². The van der Waals surface area contributed by atoms with Crippen molar-refractivity contribution in [3.63, 3.8) is 0 Å². The molecule has 346 valence electrons. The zero-order valence-corrected chi connectivity index (χ0v) is 37.7. The Morgan fingerprint density at radius 1 is 0.938 bits per heavy atom. The molecule has 0 spiro atoms. The first kappa shape index (κ1) is 46.3. The summed E-state index contributed by atoms with van der Waals surface area (Å²) in [4.78, 5) is 24.8. The first-order valence-corrected chi connectivity index (χ1v) is 23.5. The molecule has 1 amide bonds. The summed E-state index contributed by atoms with van der Waals surface area (Å²) < 4.78 is 33.2. The molecular weight excluding hydrogens is 823 g/mol. The van der Waals surface area contributed by atoms with Crippen molar-refractivity contribution in [1.29, 1.82) is 0 Å². The van der Waals surface area contributed by atoms with E-state index in [4.69, 9.17) is 33.7 Å². The van der Waals surface area contributed by atoms with Crippen molar-refractivity contribution in [1.82, 2.24) is 9.80 Å². The lowest BCUT2D eigenvalue weighted by Gasteiger charge is -2.59. The molecule has 0 bridgehead atoms. The average molecular weight is 888 g/mol. The minimum Gasteiger partial charge on any atom is -0.492 e. The van der Waals surface area contributed by atoms with Crippen molar-refractivity contribution < 1.29 is 43.5 Å². The molecule has 12 heteroatoms. The van der Waals surface area contributed by atoms with Crippen LogP contribution in [-0.4, -0.2) is 110 Å². The lowest BCUT2D eigenvalue weighted by molar-refractivity contribution is -0.256. The highest BCUT2D eigenvalue weighted by molar-refractivity contribution is 6.03. The van der Waals surface area contributed by atoms with Gasteiger partial charge in [-0.05, 0) is 83.2 Å². The van der Waals surface area contributed by atoms with Gasteiger partial charge >= 0.3 is 6.09 Å². The van der Waals surface area contributed by atoms with E-state index in [0.717, 1.165) is 84.1 Å². The summed E-state index contributed by atoms with van der Waals surface area (Å²) >= 11 is 0. The number of fused-ring (bicyclic) bond motifs is 3. The van der Waals surface area contributed by atoms with Crippen LogP contribution in [0.2, 0.25) is 0 Å². The van der Waals surface area contributed by atoms with Crippen LogP contribution in [0.4, 0.5) is 4.79 Å². The van der Waals surface area contributed by atoms with Crippen molar-refractivity contribution in [2.24, 2.45) is 22.9 Å². The number of aliphatic hydroxyl groups excluding tert-OH is 2. The van der Waals surface area contributed by atoms with Gasteiger partial charge in [-0.1, -0.05) is 103 Å². The van der Waals surface area contributed by atoms with E-state index >= 15 is 4.79 Å². The molecule has 1 saturated carbocycles. The van der Waals surface area contributed by atoms with Gasteiger partial charge in [-0.15, -0.1) is 6.58 Å². The average Bonchev–Trinajstić information content (AvgIpc) is 4.16. The normalized spacial score (nSPS) is 23.8. The Hall–Kier alpha value is -5.24. The van der Waals surface area contributed by atoms with Gasteiger partial charge in [0.2, 0.25) is 5.79 Å². The summed E-state index contributed by atoms with van der Waals surface area (Å²) in [6.07, 6.45) is 8.51. The van der Waals surface area contributed by atoms with Crippen LogP contribution >= 0.6 is 0 Å². The number of aliphatic hydroxyl groups is 2. The molecule has 2 aliphatic carbocycles. The van der Waals surface area contributed by atoms with Gasteiger partial charge in [0.05, 0.1) is 38.0 Å². The molecule has 2 aliphatic heterocycles. The number of oxime groups is 1. The quantitative estimate of drug-likeness (QED) is 0.0305. The monoisotopic (exact) mass is 887 g/mol. The van der Waals surface area contributed by atoms with E-state index in [9.17, 15) is 10.2 Å². The first-order chi connectivity index (χ1) is 32.0. The van der Waals surface area contributed by atoms with Gasteiger partial charge in [0, 0.05) is 50.8 Å². The van der Waals surface area contributed by atoms with Crippen LogP contribution in [0.3, 0.4) is 0 Å². The molecule has 0 radical (unpaired) electrons. The maximum absolute atomic E-state index is 15.1. The van der Waals surface area contributed by atoms with Gasteiger partial charge in [0.1, 0.15) is 37.9 Å². The Bertz CT molecular complexity index is 2260. The Kier molecular flexibility index (Phi) is 15.9.